The van der Waals surface area contributed by atoms with Crippen molar-refractivity contribution in [2.75, 3.05) is 25.1 Å². The molecule has 0 radical (unpaired) electrons. The Bertz CT molecular complexity index is 594. The van der Waals surface area contributed by atoms with Crippen molar-refractivity contribution < 1.29 is 14.3 Å². The Labute approximate surface area is 161 Å². The first kappa shape index (κ1) is 19.5. The SMILES string of the molecule is CO[C@H]1CCN(c2cc(Cl)ncc2I)C[C@H]1NC(=O)OC(C)(C)C. The number of carbonyl (C=O) groups is 1. The lowest BCUT2D eigenvalue weighted by molar-refractivity contribution is 0.0281. The molecule has 24 heavy (non-hydrogen) atoms. The van der Waals surface area contributed by atoms with Gasteiger partial charge in [-0.3, -0.25) is 0 Å². The summed E-state index contributed by atoms with van der Waals surface area (Å²) in [5.41, 5.74) is 0.482. The number of amides is 1. The van der Waals surface area contributed by atoms with Crippen LogP contribution in [0.1, 0.15) is 27.2 Å². The fourth-order valence-electron chi connectivity index (χ4n) is 2.67. The lowest BCUT2D eigenvalue weighted by Crippen LogP contribution is -2.56. The molecule has 0 unspecified atom stereocenters. The molecule has 2 atom stereocenters. The molecule has 0 saturated carbocycles. The summed E-state index contributed by atoms with van der Waals surface area (Å²) in [7, 11) is 1.66. The van der Waals surface area contributed by atoms with Crippen molar-refractivity contribution >= 4 is 46.0 Å². The molecule has 0 spiro atoms. The first-order valence-corrected chi connectivity index (χ1v) is 9.23. The van der Waals surface area contributed by atoms with Gasteiger partial charge < -0.3 is 19.7 Å². The number of aromatic nitrogens is 1. The molecule has 6 nitrogen and oxygen atoms in total. The highest BCUT2D eigenvalue weighted by molar-refractivity contribution is 14.1. The average Bonchev–Trinajstić information content (AvgIpc) is 2.47. The Morgan fingerprint density at radius 3 is 2.83 bits per heavy atom. The number of pyridine rings is 1. The number of ether oxygens (including phenoxy) is 2. The van der Waals surface area contributed by atoms with E-state index in [0.717, 1.165) is 22.2 Å². The maximum Gasteiger partial charge on any atom is 0.408 e. The van der Waals surface area contributed by atoms with Gasteiger partial charge in [0.1, 0.15) is 10.8 Å². The topological polar surface area (TPSA) is 63.7 Å². The Balaban J connectivity index is 2.11. The number of nitrogens with one attached hydrogen (secondary N) is 1. The van der Waals surface area contributed by atoms with Gasteiger partial charge in [0, 0.05) is 26.4 Å². The maximum atomic E-state index is 12.1. The average molecular weight is 468 g/mol. The number of carbonyl (C=O) groups excluding carboxylic acids is 1. The van der Waals surface area contributed by atoms with E-state index in [-0.39, 0.29) is 12.1 Å². The highest BCUT2D eigenvalue weighted by Crippen LogP contribution is 2.28. The van der Waals surface area contributed by atoms with Crippen molar-refractivity contribution in [2.45, 2.75) is 44.9 Å². The zero-order valence-corrected chi connectivity index (χ0v) is 17.2. The number of halogens is 2. The number of hydrogen-bond acceptors (Lipinski definition) is 5. The summed E-state index contributed by atoms with van der Waals surface area (Å²) in [6.45, 7) is 6.97. The Morgan fingerprint density at radius 1 is 1.50 bits per heavy atom. The zero-order chi connectivity index (χ0) is 17.9. The lowest BCUT2D eigenvalue weighted by Gasteiger charge is -2.39. The first-order valence-electron chi connectivity index (χ1n) is 7.78. The van der Waals surface area contributed by atoms with E-state index >= 15 is 0 Å². The lowest BCUT2D eigenvalue weighted by atomic mass is 10.0. The minimum Gasteiger partial charge on any atom is -0.444 e. The molecule has 8 heteroatoms. The minimum atomic E-state index is -0.533. The van der Waals surface area contributed by atoms with Gasteiger partial charge >= 0.3 is 6.09 Å². The van der Waals surface area contributed by atoms with Crippen LogP contribution in [-0.4, -0.2) is 49.0 Å². The second-order valence-corrected chi connectivity index (χ2v) is 8.27. The molecule has 0 aromatic carbocycles. The highest BCUT2D eigenvalue weighted by atomic mass is 127. The third-order valence-corrected chi connectivity index (χ3v) is 4.73. The van der Waals surface area contributed by atoms with Gasteiger partial charge in [-0.15, -0.1) is 0 Å². The summed E-state index contributed by atoms with van der Waals surface area (Å²) in [6.07, 6.45) is 2.06. The van der Waals surface area contributed by atoms with Gasteiger partial charge in [-0.25, -0.2) is 9.78 Å². The maximum absolute atomic E-state index is 12.1. The van der Waals surface area contributed by atoms with Crippen LogP contribution < -0.4 is 10.2 Å². The van der Waals surface area contributed by atoms with Crippen LogP contribution in [0.4, 0.5) is 10.5 Å². The van der Waals surface area contributed by atoms with Crippen molar-refractivity contribution in [3.8, 4) is 0 Å². The second-order valence-electron chi connectivity index (χ2n) is 6.72. The number of nitrogens with zero attached hydrogens (tertiary/aromatic N) is 2. The molecule has 2 heterocycles. The van der Waals surface area contributed by atoms with Crippen LogP contribution in [0, 0.1) is 3.57 Å². The van der Waals surface area contributed by atoms with Gasteiger partial charge in [0.2, 0.25) is 0 Å². The molecule has 1 N–H and O–H groups in total. The van der Waals surface area contributed by atoms with Crippen LogP contribution in [0.2, 0.25) is 5.15 Å². The molecule has 1 saturated heterocycles. The third-order valence-electron chi connectivity index (χ3n) is 3.70. The summed E-state index contributed by atoms with van der Waals surface area (Å²) >= 11 is 8.27. The van der Waals surface area contributed by atoms with Crippen molar-refractivity contribution in [1.29, 1.82) is 0 Å². The number of methoxy groups -OCH3 is 1. The Kier molecular flexibility index (Phi) is 6.55. The molecular weight excluding hydrogens is 445 g/mol. The molecule has 0 bridgehead atoms. The molecule has 0 aliphatic carbocycles. The van der Waals surface area contributed by atoms with Gasteiger partial charge in [-0.05, 0) is 55.8 Å². The molecule has 134 valence electrons. The standard InChI is InChI=1S/C16H23ClIN3O3/c1-16(2,3)24-15(22)20-11-9-21(6-5-13(11)23-4)12-7-14(17)19-8-10(12)18/h7-8,11,13H,5-6,9H2,1-4H3,(H,20,22)/t11-,13+/m1/s1. The molecule has 1 aromatic heterocycles. The van der Waals surface area contributed by atoms with Crippen LogP contribution in [-0.2, 0) is 9.47 Å². The van der Waals surface area contributed by atoms with E-state index in [4.69, 9.17) is 21.1 Å². The number of hydrogen-bond donors (Lipinski definition) is 1. The predicted octanol–water partition coefficient (Wildman–Crippen LogP) is 3.46. The quantitative estimate of drug-likeness (QED) is 0.545. The van der Waals surface area contributed by atoms with Gasteiger partial charge in [0.25, 0.3) is 0 Å². The van der Waals surface area contributed by atoms with Gasteiger partial charge in [-0.2, -0.15) is 0 Å². The smallest absolute Gasteiger partial charge is 0.408 e. The minimum absolute atomic E-state index is 0.0521. The van der Waals surface area contributed by atoms with Crippen molar-refractivity contribution in [2.24, 2.45) is 0 Å². The van der Waals surface area contributed by atoms with Crippen LogP contribution in [0.5, 0.6) is 0 Å². The Hall–Kier alpha value is -0.800. The summed E-state index contributed by atoms with van der Waals surface area (Å²) < 4.78 is 11.9. The molecule has 1 fully saturated rings. The first-order chi connectivity index (χ1) is 11.2. The monoisotopic (exact) mass is 467 g/mol. The molecule has 2 rings (SSSR count). The van der Waals surface area contributed by atoms with Crippen LogP contribution in [0.25, 0.3) is 0 Å². The van der Waals surface area contributed by atoms with Crippen LogP contribution in [0.3, 0.4) is 0 Å². The zero-order valence-electron chi connectivity index (χ0n) is 14.3. The van der Waals surface area contributed by atoms with Crippen molar-refractivity contribution in [3.63, 3.8) is 0 Å². The fourth-order valence-corrected chi connectivity index (χ4v) is 3.46. The van der Waals surface area contributed by atoms with E-state index in [1.54, 1.807) is 13.3 Å². The number of rotatable bonds is 3. The van der Waals surface area contributed by atoms with Crippen LogP contribution in [0.15, 0.2) is 12.3 Å². The second kappa shape index (κ2) is 8.05. The summed E-state index contributed by atoms with van der Waals surface area (Å²) in [5.74, 6) is 0. The molecule has 1 aromatic rings. The summed E-state index contributed by atoms with van der Waals surface area (Å²) in [6, 6.07) is 1.68. The Morgan fingerprint density at radius 2 is 2.21 bits per heavy atom. The van der Waals surface area contributed by atoms with Gasteiger partial charge in [0.15, 0.2) is 0 Å². The van der Waals surface area contributed by atoms with Crippen molar-refractivity contribution in [3.05, 3.63) is 21.0 Å². The van der Waals surface area contributed by atoms with Crippen LogP contribution >= 0.6 is 34.2 Å². The summed E-state index contributed by atoms with van der Waals surface area (Å²) in [5, 5.41) is 3.39. The van der Waals surface area contributed by atoms with E-state index in [9.17, 15) is 4.79 Å². The number of alkyl carbamates (subject to hydrolysis) is 1. The number of anilines is 1. The normalized spacial score (nSPS) is 21.5. The molecule has 1 amide bonds. The third kappa shape index (κ3) is 5.35. The fraction of sp³-hybridized carbons (Fsp3) is 0.625. The van der Waals surface area contributed by atoms with Gasteiger partial charge in [0.05, 0.1) is 21.4 Å². The predicted molar refractivity (Wildman–Crippen MR) is 103 cm³/mol. The van der Waals surface area contributed by atoms with Crippen molar-refractivity contribution in [1.82, 2.24) is 10.3 Å². The number of piperidine rings is 1. The van der Waals surface area contributed by atoms with E-state index in [1.807, 2.05) is 26.8 Å². The molecule has 1 aliphatic heterocycles. The van der Waals surface area contributed by atoms with Gasteiger partial charge in [-0.1, -0.05) is 11.6 Å². The highest BCUT2D eigenvalue weighted by Gasteiger charge is 2.32. The van der Waals surface area contributed by atoms with E-state index < -0.39 is 11.7 Å². The van der Waals surface area contributed by atoms with E-state index in [2.05, 4.69) is 37.8 Å². The molecule has 1 aliphatic rings. The largest absolute Gasteiger partial charge is 0.444 e. The summed E-state index contributed by atoms with van der Waals surface area (Å²) in [4.78, 5) is 18.4. The van der Waals surface area contributed by atoms with E-state index in [0.29, 0.717) is 11.7 Å². The molecular formula is C16H23ClIN3O3. The van der Waals surface area contributed by atoms with E-state index in [1.165, 1.54) is 0 Å².